The van der Waals surface area contributed by atoms with Crippen LogP contribution in [0.4, 0.5) is 0 Å². The van der Waals surface area contributed by atoms with Crippen molar-refractivity contribution in [2.75, 3.05) is 6.54 Å². The van der Waals surface area contributed by atoms with Crippen molar-refractivity contribution in [3.05, 3.63) is 40.9 Å². The lowest BCUT2D eigenvalue weighted by molar-refractivity contribution is 0.540. The number of pyridine rings is 1. The predicted octanol–water partition coefficient (Wildman–Crippen LogP) is 2.48. The molecule has 0 bridgehead atoms. The van der Waals surface area contributed by atoms with Crippen LogP contribution in [0.1, 0.15) is 24.2 Å². The van der Waals surface area contributed by atoms with Crippen LogP contribution in [-0.2, 0) is 6.42 Å². The Morgan fingerprint density at radius 1 is 1.47 bits per heavy atom. The molecule has 0 amide bonds. The standard InChI is InChI=1S/C11H13ClN4S/c1-2-14-10(11-7-15-17-16-11)5-8-3-4-13-6-9(8)12/h3-4,6-7,10,14H,2,5H2,1H3. The highest BCUT2D eigenvalue weighted by atomic mass is 35.5. The minimum absolute atomic E-state index is 0.152. The molecule has 6 heteroatoms. The first kappa shape index (κ1) is 12.4. The van der Waals surface area contributed by atoms with E-state index in [-0.39, 0.29) is 6.04 Å². The number of rotatable bonds is 5. The molecule has 0 radical (unpaired) electrons. The van der Waals surface area contributed by atoms with Gasteiger partial charge in [-0.3, -0.25) is 4.98 Å². The van der Waals surface area contributed by atoms with Crippen molar-refractivity contribution in [1.82, 2.24) is 19.0 Å². The Kier molecular flexibility index (Phi) is 4.42. The Hall–Kier alpha value is -1.04. The van der Waals surface area contributed by atoms with Crippen LogP contribution in [0.2, 0.25) is 5.02 Å². The molecule has 2 aromatic heterocycles. The number of nitrogens with one attached hydrogen (secondary N) is 1. The van der Waals surface area contributed by atoms with Gasteiger partial charge in [-0.05, 0) is 24.6 Å². The van der Waals surface area contributed by atoms with Crippen LogP contribution in [0.15, 0.2) is 24.7 Å². The van der Waals surface area contributed by atoms with Crippen LogP contribution in [0.25, 0.3) is 0 Å². The zero-order chi connectivity index (χ0) is 12.1. The Balaban J connectivity index is 2.16. The quantitative estimate of drug-likeness (QED) is 0.905. The molecule has 0 saturated carbocycles. The number of hydrogen-bond acceptors (Lipinski definition) is 5. The molecule has 17 heavy (non-hydrogen) atoms. The predicted molar refractivity (Wildman–Crippen MR) is 69.3 cm³/mol. The van der Waals surface area contributed by atoms with Crippen LogP contribution in [0.3, 0.4) is 0 Å². The maximum atomic E-state index is 6.11. The second kappa shape index (κ2) is 6.05. The number of halogens is 1. The average molecular weight is 269 g/mol. The normalized spacial score (nSPS) is 12.6. The Labute approximate surface area is 109 Å². The highest BCUT2D eigenvalue weighted by molar-refractivity contribution is 6.99. The van der Waals surface area contributed by atoms with E-state index in [0.717, 1.165) is 24.2 Å². The van der Waals surface area contributed by atoms with E-state index in [1.807, 2.05) is 6.07 Å². The van der Waals surface area contributed by atoms with Gasteiger partial charge in [-0.15, -0.1) is 0 Å². The third kappa shape index (κ3) is 3.21. The molecule has 2 rings (SSSR count). The van der Waals surface area contributed by atoms with Crippen molar-refractivity contribution < 1.29 is 0 Å². The smallest absolute Gasteiger partial charge is 0.0915 e. The fraction of sp³-hybridized carbons (Fsp3) is 0.364. The lowest BCUT2D eigenvalue weighted by Crippen LogP contribution is -2.23. The second-order valence-electron chi connectivity index (χ2n) is 3.61. The molecule has 1 N–H and O–H groups in total. The van der Waals surface area contributed by atoms with Crippen molar-refractivity contribution >= 4 is 23.3 Å². The van der Waals surface area contributed by atoms with E-state index in [1.165, 1.54) is 11.7 Å². The molecule has 0 aliphatic rings. The van der Waals surface area contributed by atoms with Gasteiger partial charge >= 0.3 is 0 Å². The summed E-state index contributed by atoms with van der Waals surface area (Å²) >= 11 is 7.33. The van der Waals surface area contributed by atoms with Crippen LogP contribution >= 0.6 is 23.3 Å². The summed E-state index contributed by atoms with van der Waals surface area (Å²) in [6.45, 7) is 2.95. The molecule has 90 valence electrons. The number of aromatic nitrogens is 3. The van der Waals surface area contributed by atoms with Crippen molar-refractivity contribution in [2.45, 2.75) is 19.4 Å². The maximum Gasteiger partial charge on any atom is 0.0915 e. The first-order chi connectivity index (χ1) is 8.31. The van der Waals surface area contributed by atoms with Gasteiger partial charge in [0.2, 0.25) is 0 Å². The van der Waals surface area contributed by atoms with Gasteiger partial charge in [-0.2, -0.15) is 8.75 Å². The summed E-state index contributed by atoms with van der Waals surface area (Å²) in [6.07, 6.45) is 6.01. The van der Waals surface area contributed by atoms with Gasteiger partial charge in [0.05, 0.1) is 34.7 Å². The Morgan fingerprint density at radius 2 is 2.35 bits per heavy atom. The van der Waals surface area contributed by atoms with E-state index in [2.05, 4.69) is 26.0 Å². The molecule has 0 saturated heterocycles. The molecule has 2 aromatic rings. The molecule has 1 unspecified atom stereocenters. The monoisotopic (exact) mass is 268 g/mol. The molecule has 4 nitrogen and oxygen atoms in total. The average Bonchev–Trinajstić information content (AvgIpc) is 2.85. The van der Waals surface area contributed by atoms with Gasteiger partial charge in [-0.25, -0.2) is 0 Å². The van der Waals surface area contributed by atoms with Crippen LogP contribution in [-0.4, -0.2) is 20.3 Å². The Bertz CT molecular complexity index is 460. The summed E-state index contributed by atoms with van der Waals surface area (Å²) in [4.78, 5) is 3.98. The van der Waals surface area contributed by atoms with E-state index in [0.29, 0.717) is 5.02 Å². The van der Waals surface area contributed by atoms with E-state index in [4.69, 9.17) is 11.6 Å². The van der Waals surface area contributed by atoms with E-state index in [9.17, 15) is 0 Å². The summed E-state index contributed by atoms with van der Waals surface area (Å²) in [5.74, 6) is 0. The molecule has 0 aromatic carbocycles. The topological polar surface area (TPSA) is 50.7 Å². The van der Waals surface area contributed by atoms with Crippen LogP contribution < -0.4 is 5.32 Å². The van der Waals surface area contributed by atoms with Crippen molar-refractivity contribution in [1.29, 1.82) is 0 Å². The van der Waals surface area contributed by atoms with Crippen molar-refractivity contribution in [3.8, 4) is 0 Å². The van der Waals surface area contributed by atoms with Gasteiger partial charge in [0.25, 0.3) is 0 Å². The molecule has 0 fully saturated rings. The molecule has 0 spiro atoms. The number of hydrogen-bond donors (Lipinski definition) is 1. The fourth-order valence-electron chi connectivity index (χ4n) is 1.64. The summed E-state index contributed by atoms with van der Waals surface area (Å²) in [6, 6.07) is 2.09. The van der Waals surface area contributed by atoms with Gasteiger partial charge in [0.15, 0.2) is 0 Å². The van der Waals surface area contributed by atoms with E-state index in [1.54, 1.807) is 18.6 Å². The highest BCUT2D eigenvalue weighted by Gasteiger charge is 2.15. The zero-order valence-corrected chi connectivity index (χ0v) is 11.0. The van der Waals surface area contributed by atoms with Crippen molar-refractivity contribution in [2.24, 2.45) is 0 Å². The fourth-order valence-corrected chi connectivity index (χ4v) is 2.31. The summed E-state index contributed by atoms with van der Waals surface area (Å²) in [5, 5.41) is 4.08. The number of nitrogens with zero attached hydrogens (tertiary/aromatic N) is 3. The van der Waals surface area contributed by atoms with Gasteiger partial charge < -0.3 is 5.32 Å². The third-order valence-corrected chi connectivity index (χ3v) is 3.30. The molecular formula is C11H13ClN4S. The van der Waals surface area contributed by atoms with Gasteiger partial charge in [0.1, 0.15) is 0 Å². The van der Waals surface area contributed by atoms with Crippen molar-refractivity contribution in [3.63, 3.8) is 0 Å². The lowest BCUT2D eigenvalue weighted by atomic mass is 10.0. The largest absolute Gasteiger partial charge is 0.309 e. The second-order valence-corrected chi connectivity index (χ2v) is 4.58. The zero-order valence-electron chi connectivity index (χ0n) is 9.43. The van der Waals surface area contributed by atoms with E-state index >= 15 is 0 Å². The SMILES string of the molecule is CCNC(Cc1ccncc1Cl)c1cnsn1. The summed E-state index contributed by atoms with van der Waals surface area (Å²) in [5.41, 5.74) is 2.03. The summed E-state index contributed by atoms with van der Waals surface area (Å²) < 4.78 is 8.30. The first-order valence-corrected chi connectivity index (χ1v) is 6.51. The highest BCUT2D eigenvalue weighted by Crippen LogP contribution is 2.21. The molecule has 1 atom stereocenters. The first-order valence-electron chi connectivity index (χ1n) is 5.40. The van der Waals surface area contributed by atoms with E-state index < -0.39 is 0 Å². The van der Waals surface area contributed by atoms with Crippen LogP contribution in [0, 0.1) is 0 Å². The van der Waals surface area contributed by atoms with Gasteiger partial charge in [0, 0.05) is 12.4 Å². The molecule has 0 aliphatic heterocycles. The third-order valence-electron chi connectivity index (χ3n) is 2.47. The molecule has 0 aliphatic carbocycles. The van der Waals surface area contributed by atoms with Gasteiger partial charge in [-0.1, -0.05) is 18.5 Å². The molecular weight excluding hydrogens is 256 g/mol. The lowest BCUT2D eigenvalue weighted by Gasteiger charge is -2.15. The number of likely N-dealkylation sites (N-methyl/N-ethyl adjacent to an activating group) is 1. The van der Waals surface area contributed by atoms with Crippen LogP contribution in [0.5, 0.6) is 0 Å². The minimum atomic E-state index is 0.152. The minimum Gasteiger partial charge on any atom is -0.309 e. The maximum absolute atomic E-state index is 6.11. The Morgan fingerprint density at radius 3 is 3.00 bits per heavy atom. The molecule has 2 heterocycles. The summed E-state index contributed by atoms with van der Waals surface area (Å²) in [7, 11) is 0.